The number of hydrogen-bond donors (Lipinski definition) is 7. The van der Waals surface area contributed by atoms with Crippen LogP contribution >= 0.6 is 0 Å². The predicted octanol–water partition coefficient (Wildman–Crippen LogP) is 3.14. The van der Waals surface area contributed by atoms with E-state index in [0.29, 0.717) is 87.7 Å². The monoisotopic (exact) mass is 878 g/mol. The molecule has 19 heteroatoms. The van der Waals surface area contributed by atoms with Crippen molar-refractivity contribution in [3.8, 4) is 0 Å². The molecule has 338 valence electrons. The molecule has 64 heavy (non-hydrogen) atoms. The first-order chi connectivity index (χ1) is 31.1. The SMILES string of the molecule is CNc1ccc(C(=O)Nc2ccc3[nH]c(CN4CCC(CCNC(=O)CCOCCOCCOCCNc5cccc6c5C(=O)N(C5CCC(=O)NC5=O)C6=O)C4)nc3c2)cc1C=N. The zero-order valence-electron chi connectivity index (χ0n) is 35.8. The average Bonchev–Trinajstić information content (AvgIpc) is 3.98. The second kappa shape index (κ2) is 21.7. The number of benzene rings is 3. The second-order valence-corrected chi connectivity index (χ2v) is 15.8. The summed E-state index contributed by atoms with van der Waals surface area (Å²) in [6.07, 6.45) is 3.55. The molecule has 19 nitrogen and oxygen atoms in total. The summed E-state index contributed by atoms with van der Waals surface area (Å²) in [6, 6.07) is 14.6. The number of likely N-dealkylation sites (tertiary alicyclic amines) is 1. The zero-order chi connectivity index (χ0) is 45.0. The number of piperidine rings is 1. The number of carbonyl (C=O) groups excluding carboxylic acids is 6. The van der Waals surface area contributed by atoms with Gasteiger partial charge < -0.3 is 45.9 Å². The van der Waals surface area contributed by atoms with E-state index in [-0.39, 0.29) is 42.2 Å². The fourth-order valence-corrected chi connectivity index (χ4v) is 8.10. The van der Waals surface area contributed by atoms with Crippen LogP contribution in [0.5, 0.6) is 0 Å². The highest BCUT2D eigenvalue weighted by Gasteiger charge is 2.45. The van der Waals surface area contributed by atoms with Gasteiger partial charge in [-0.3, -0.25) is 43.9 Å². The lowest BCUT2D eigenvalue weighted by Crippen LogP contribution is -2.54. The van der Waals surface area contributed by atoms with Gasteiger partial charge in [-0.25, -0.2) is 4.98 Å². The Bertz CT molecular complexity index is 2390. The van der Waals surface area contributed by atoms with Crippen molar-refractivity contribution in [1.82, 2.24) is 30.4 Å². The Labute approximate surface area is 369 Å². The molecule has 2 fully saturated rings. The smallest absolute Gasteiger partial charge is 0.264 e. The van der Waals surface area contributed by atoms with Crippen LogP contribution in [0.3, 0.4) is 0 Å². The normalized spacial score (nSPS) is 17.4. The Hall–Kier alpha value is -6.54. The number of aromatic nitrogens is 2. The molecule has 6 amide bonds. The number of nitrogens with one attached hydrogen (secondary N) is 7. The Morgan fingerprint density at radius 1 is 0.906 bits per heavy atom. The van der Waals surface area contributed by atoms with Crippen molar-refractivity contribution in [3.05, 3.63) is 82.7 Å². The Morgan fingerprint density at radius 3 is 2.48 bits per heavy atom. The van der Waals surface area contributed by atoms with Crippen molar-refractivity contribution in [2.24, 2.45) is 5.92 Å². The minimum atomic E-state index is -1.03. The van der Waals surface area contributed by atoms with Crippen LogP contribution in [-0.2, 0) is 35.1 Å². The molecule has 1 aromatic heterocycles. The minimum absolute atomic E-state index is 0.0542. The highest BCUT2D eigenvalue weighted by molar-refractivity contribution is 6.25. The molecular weight excluding hydrogens is 825 g/mol. The third kappa shape index (κ3) is 11.3. The van der Waals surface area contributed by atoms with Crippen LogP contribution in [0, 0.1) is 11.3 Å². The number of rotatable bonds is 23. The number of aromatic amines is 1. The number of H-pyrrole nitrogens is 1. The van der Waals surface area contributed by atoms with Gasteiger partial charge in [-0.1, -0.05) is 6.07 Å². The summed E-state index contributed by atoms with van der Waals surface area (Å²) >= 11 is 0. The maximum atomic E-state index is 13.2. The minimum Gasteiger partial charge on any atom is -0.388 e. The first-order valence-corrected chi connectivity index (χ1v) is 21.5. The number of carbonyl (C=O) groups is 6. The van der Waals surface area contributed by atoms with Crippen molar-refractivity contribution in [3.63, 3.8) is 0 Å². The topological polar surface area (TPSA) is 249 Å². The van der Waals surface area contributed by atoms with E-state index in [9.17, 15) is 28.8 Å². The van der Waals surface area contributed by atoms with Crippen molar-refractivity contribution in [2.75, 3.05) is 88.8 Å². The molecule has 3 aliphatic rings. The number of imidazole rings is 1. The van der Waals surface area contributed by atoms with E-state index in [0.717, 1.165) is 53.4 Å². The molecule has 0 spiro atoms. The number of ether oxygens (including phenoxy) is 3. The molecule has 0 saturated carbocycles. The number of fused-ring (bicyclic) bond motifs is 2. The molecule has 2 saturated heterocycles. The van der Waals surface area contributed by atoms with E-state index in [1.54, 1.807) is 43.4 Å². The fourth-order valence-electron chi connectivity index (χ4n) is 8.10. The summed E-state index contributed by atoms with van der Waals surface area (Å²) in [4.78, 5) is 86.9. The van der Waals surface area contributed by atoms with E-state index < -0.39 is 29.7 Å². The number of imide groups is 2. The van der Waals surface area contributed by atoms with Gasteiger partial charge >= 0.3 is 0 Å². The van der Waals surface area contributed by atoms with E-state index in [1.807, 2.05) is 18.2 Å². The summed E-state index contributed by atoms with van der Waals surface area (Å²) in [7, 11) is 1.77. The van der Waals surface area contributed by atoms with Crippen LogP contribution in [0.2, 0.25) is 0 Å². The molecule has 7 N–H and O–H groups in total. The molecule has 2 atom stereocenters. The maximum Gasteiger partial charge on any atom is 0.264 e. The first kappa shape index (κ1) is 45.5. The lowest BCUT2D eigenvalue weighted by molar-refractivity contribution is -0.136. The number of nitrogens with zero attached hydrogens (tertiary/aromatic N) is 3. The molecule has 0 aliphatic carbocycles. The van der Waals surface area contributed by atoms with Crippen molar-refractivity contribution in [1.29, 1.82) is 5.41 Å². The maximum absolute atomic E-state index is 13.2. The van der Waals surface area contributed by atoms with Crippen LogP contribution in [0.4, 0.5) is 17.1 Å². The number of hydrogen-bond acceptors (Lipinski definition) is 14. The van der Waals surface area contributed by atoms with Gasteiger partial charge in [-0.05, 0) is 80.3 Å². The second-order valence-electron chi connectivity index (χ2n) is 15.8. The molecule has 0 bridgehead atoms. The zero-order valence-corrected chi connectivity index (χ0v) is 35.8. The van der Waals surface area contributed by atoms with Crippen LogP contribution in [0.15, 0.2) is 54.6 Å². The van der Waals surface area contributed by atoms with Gasteiger partial charge in [0.2, 0.25) is 17.7 Å². The van der Waals surface area contributed by atoms with E-state index >= 15 is 0 Å². The number of amides is 6. The van der Waals surface area contributed by atoms with Crippen LogP contribution in [0.25, 0.3) is 11.0 Å². The summed E-state index contributed by atoms with van der Waals surface area (Å²) in [5.41, 5.74) is 5.02. The summed E-state index contributed by atoms with van der Waals surface area (Å²) < 4.78 is 16.7. The quantitative estimate of drug-likeness (QED) is 0.0322. The van der Waals surface area contributed by atoms with E-state index in [1.165, 1.54) is 6.21 Å². The standard InChI is InChI=1S/C45H54N10O9/c1-47-33-7-5-29(23-30(33)25-46)42(58)50-31-6-8-34-36(24-31)52-38(51-34)27-54-16-12-28(26-54)11-14-49-39(56)13-17-62-19-21-64-22-20-63-18-15-48-35-4-2-3-32-41(35)45(61)55(44(32)60)37-9-10-40(57)53-43(37)59/h2-8,23-25,28,37,46-48H,9-22,26-27H2,1H3,(H,49,56)(H,50,58)(H,51,52)(H,53,57,59). The lowest BCUT2D eigenvalue weighted by Gasteiger charge is -2.27. The first-order valence-electron chi connectivity index (χ1n) is 21.5. The lowest BCUT2D eigenvalue weighted by atomic mass is 10.0. The van der Waals surface area contributed by atoms with Gasteiger partial charge in [0, 0.05) is 73.9 Å². The van der Waals surface area contributed by atoms with Gasteiger partial charge in [-0.15, -0.1) is 0 Å². The van der Waals surface area contributed by atoms with Crippen molar-refractivity contribution >= 4 is 69.8 Å². The highest BCUT2D eigenvalue weighted by atomic mass is 16.5. The molecular formula is C45H54N10O9. The summed E-state index contributed by atoms with van der Waals surface area (Å²) in [5, 5.41) is 21.9. The molecule has 3 aromatic carbocycles. The Morgan fingerprint density at radius 2 is 1.70 bits per heavy atom. The Balaban J connectivity index is 0.698. The van der Waals surface area contributed by atoms with E-state index in [2.05, 4.69) is 36.5 Å². The van der Waals surface area contributed by atoms with Crippen molar-refractivity contribution < 1.29 is 43.0 Å². The highest BCUT2D eigenvalue weighted by Crippen LogP contribution is 2.32. The van der Waals surface area contributed by atoms with E-state index in [4.69, 9.17) is 24.6 Å². The molecule has 0 radical (unpaired) electrons. The van der Waals surface area contributed by atoms with Crippen molar-refractivity contribution in [2.45, 2.75) is 44.7 Å². The molecule has 4 heterocycles. The van der Waals surface area contributed by atoms with Gasteiger partial charge in [0.15, 0.2) is 0 Å². The molecule has 2 unspecified atom stereocenters. The van der Waals surface area contributed by atoms with Gasteiger partial charge in [0.25, 0.3) is 17.7 Å². The fraction of sp³-hybridized carbons (Fsp3) is 0.422. The Kier molecular flexibility index (Phi) is 15.4. The van der Waals surface area contributed by atoms with Gasteiger partial charge in [0.1, 0.15) is 11.9 Å². The van der Waals surface area contributed by atoms with Gasteiger partial charge in [-0.2, -0.15) is 0 Å². The molecule has 3 aliphatic heterocycles. The molecule has 7 rings (SSSR count). The summed E-state index contributed by atoms with van der Waals surface area (Å²) in [5.74, 6) is -1.21. The predicted molar refractivity (Wildman–Crippen MR) is 238 cm³/mol. The van der Waals surface area contributed by atoms with Crippen LogP contribution < -0.4 is 26.6 Å². The van der Waals surface area contributed by atoms with Crippen LogP contribution in [0.1, 0.15) is 74.6 Å². The third-order valence-corrected chi connectivity index (χ3v) is 11.4. The van der Waals surface area contributed by atoms with Gasteiger partial charge in [0.05, 0.1) is 68.3 Å². The number of anilines is 3. The summed E-state index contributed by atoms with van der Waals surface area (Å²) in [6.45, 7) is 5.49. The van der Waals surface area contributed by atoms with Crippen LogP contribution in [-0.4, -0.2) is 140 Å². The molecule has 4 aromatic rings. The largest absolute Gasteiger partial charge is 0.388 e. The third-order valence-electron chi connectivity index (χ3n) is 11.4. The average molecular weight is 879 g/mol.